The van der Waals surface area contributed by atoms with E-state index in [9.17, 15) is 9.59 Å². The Morgan fingerprint density at radius 1 is 0.962 bits per heavy atom. The van der Waals surface area contributed by atoms with Crippen LogP contribution in [-0.2, 0) is 6.42 Å². The molecule has 0 unspecified atom stereocenters. The SMILES string of the molecule is Nc1cccc(-c2ccc(Cc3cc4c([nH]3)C(=O)NCCC4=O)cc2)c1. The summed E-state index contributed by atoms with van der Waals surface area (Å²) in [5.41, 5.74) is 11.6. The van der Waals surface area contributed by atoms with Gasteiger partial charge in [0.05, 0.1) is 0 Å². The van der Waals surface area contributed by atoms with Crippen molar-refractivity contribution in [3.63, 3.8) is 0 Å². The second-order valence-corrected chi connectivity index (χ2v) is 6.51. The van der Waals surface area contributed by atoms with Gasteiger partial charge in [-0.05, 0) is 34.9 Å². The number of hydrogen-bond donors (Lipinski definition) is 3. The number of carbonyl (C=O) groups is 2. The van der Waals surface area contributed by atoms with Crippen LogP contribution in [0.5, 0.6) is 0 Å². The Kier molecular flexibility index (Phi) is 4.05. The first-order valence-electron chi connectivity index (χ1n) is 8.58. The minimum atomic E-state index is -0.214. The topological polar surface area (TPSA) is 88.0 Å². The van der Waals surface area contributed by atoms with Crippen LogP contribution in [0.4, 0.5) is 5.69 Å². The number of carbonyl (C=O) groups excluding carboxylic acids is 2. The number of nitrogens with one attached hydrogen (secondary N) is 2. The standard InChI is InChI=1S/C21H19N3O2/c22-16-3-1-2-15(11-16)14-6-4-13(5-7-14)10-17-12-18-19(25)8-9-23-21(26)20(18)24-17/h1-7,11-12,24H,8-10,22H2,(H,23,26). The molecule has 1 aliphatic heterocycles. The summed E-state index contributed by atoms with van der Waals surface area (Å²) in [6.45, 7) is 0.390. The van der Waals surface area contributed by atoms with Gasteiger partial charge in [0.15, 0.2) is 5.78 Å². The normalized spacial score (nSPS) is 13.8. The van der Waals surface area contributed by atoms with Crippen LogP contribution in [0.25, 0.3) is 11.1 Å². The summed E-state index contributed by atoms with van der Waals surface area (Å²) in [4.78, 5) is 27.3. The fraction of sp³-hybridized carbons (Fsp3) is 0.143. The van der Waals surface area contributed by atoms with Gasteiger partial charge in [0.2, 0.25) is 0 Å². The van der Waals surface area contributed by atoms with Crippen LogP contribution in [0.2, 0.25) is 0 Å². The molecule has 5 heteroatoms. The molecular weight excluding hydrogens is 326 g/mol. The van der Waals surface area contributed by atoms with Gasteiger partial charge in [-0.2, -0.15) is 0 Å². The molecule has 130 valence electrons. The van der Waals surface area contributed by atoms with Gasteiger partial charge < -0.3 is 16.0 Å². The molecule has 4 N–H and O–H groups in total. The highest BCUT2D eigenvalue weighted by Crippen LogP contribution is 2.23. The predicted molar refractivity (Wildman–Crippen MR) is 101 cm³/mol. The number of fused-ring (bicyclic) bond motifs is 1. The Morgan fingerprint density at radius 2 is 1.77 bits per heavy atom. The molecule has 4 rings (SSSR count). The molecule has 0 radical (unpaired) electrons. The quantitative estimate of drug-likeness (QED) is 0.637. The van der Waals surface area contributed by atoms with Crippen molar-refractivity contribution in [2.45, 2.75) is 12.8 Å². The first-order chi connectivity index (χ1) is 12.6. The number of aromatic nitrogens is 1. The van der Waals surface area contributed by atoms with Crippen LogP contribution < -0.4 is 11.1 Å². The zero-order valence-electron chi connectivity index (χ0n) is 14.2. The average molecular weight is 345 g/mol. The summed E-state index contributed by atoms with van der Waals surface area (Å²) in [5.74, 6) is -0.216. The largest absolute Gasteiger partial charge is 0.399 e. The number of hydrogen-bond acceptors (Lipinski definition) is 3. The molecule has 0 spiro atoms. The Morgan fingerprint density at radius 3 is 2.54 bits per heavy atom. The molecule has 3 aromatic rings. The van der Waals surface area contributed by atoms with Crippen LogP contribution in [0, 0.1) is 0 Å². The molecule has 1 aromatic heterocycles. The minimum absolute atomic E-state index is 0.00198. The van der Waals surface area contributed by atoms with Crippen LogP contribution in [0.15, 0.2) is 54.6 Å². The van der Waals surface area contributed by atoms with E-state index in [1.165, 1.54) is 0 Å². The van der Waals surface area contributed by atoms with Gasteiger partial charge in [0, 0.05) is 36.3 Å². The number of benzene rings is 2. The van der Waals surface area contributed by atoms with Crippen LogP contribution in [0.1, 0.15) is 38.5 Å². The number of amides is 1. The van der Waals surface area contributed by atoms with E-state index < -0.39 is 0 Å². The van der Waals surface area contributed by atoms with Gasteiger partial charge in [-0.1, -0.05) is 36.4 Å². The van der Waals surface area contributed by atoms with Crippen LogP contribution in [0.3, 0.4) is 0 Å². The van der Waals surface area contributed by atoms with Crippen LogP contribution in [-0.4, -0.2) is 23.2 Å². The molecule has 0 saturated heterocycles. The highest BCUT2D eigenvalue weighted by atomic mass is 16.2. The highest BCUT2D eigenvalue weighted by Gasteiger charge is 2.23. The fourth-order valence-corrected chi connectivity index (χ4v) is 3.27. The summed E-state index contributed by atoms with van der Waals surface area (Å²) in [5, 5.41) is 2.74. The van der Waals surface area contributed by atoms with E-state index in [0.29, 0.717) is 30.6 Å². The van der Waals surface area contributed by atoms with Crippen LogP contribution >= 0.6 is 0 Å². The van der Waals surface area contributed by atoms with E-state index in [-0.39, 0.29) is 11.7 Å². The van der Waals surface area contributed by atoms with Gasteiger partial charge in [0.25, 0.3) is 5.91 Å². The summed E-state index contributed by atoms with van der Waals surface area (Å²) in [7, 11) is 0. The van der Waals surface area contributed by atoms with Crippen molar-refractivity contribution in [1.82, 2.24) is 10.3 Å². The predicted octanol–water partition coefficient (Wildman–Crippen LogP) is 3.17. The zero-order chi connectivity index (χ0) is 18.1. The monoisotopic (exact) mass is 345 g/mol. The Balaban J connectivity index is 1.57. The molecule has 1 aliphatic rings. The molecule has 2 aromatic carbocycles. The van der Waals surface area contributed by atoms with Gasteiger partial charge in [-0.3, -0.25) is 9.59 Å². The summed E-state index contributed by atoms with van der Waals surface area (Å²) in [6.07, 6.45) is 0.968. The van der Waals surface area contributed by atoms with E-state index in [2.05, 4.69) is 22.4 Å². The van der Waals surface area contributed by atoms with Gasteiger partial charge in [0.1, 0.15) is 5.69 Å². The number of nitrogens with two attached hydrogens (primary N) is 1. The second-order valence-electron chi connectivity index (χ2n) is 6.51. The number of aromatic amines is 1. The van der Waals surface area contributed by atoms with Crippen molar-refractivity contribution in [3.8, 4) is 11.1 Å². The average Bonchev–Trinajstić information content (AvgIpc) is 3.01. The molecule has 26 heavy (non-hydrogen) atoms. The lowest BCUT2D eigenvalue weighted by Crippen LogP contribution is -2.23. The number of ketones is 1. The summed E-state index contributed by atoms with van der Waals surface area (Å²) in [6, 6.07) is 17.8. The summed E-state index contributed by atoms with van der Waals surface area (Å²) < 4.78 is 0. The maximum absolute atomic E-state index is 12.1. The maximum Gasteiger partial charge on any atom is 0.268 e. The molecule has 0 saturated carbocycles. The first-order valence-corrected chi connectivity index (χ1v) is 8.58. The molecule has 5 nitrogen and oxygen atoms in total. The number of nitrogen functional groups attached to an aromatic ring is 1. The van der Waals surface area contributed by atoms with Crippen molar-refractivity contribution < 1.29 is 9.59 Å². The third-order valence-corrected chi connectivity index (χ3v) is 4.61. The van der Waals surface area contributed by atoms with Gasteiger partial charge in [-0.25, -0.2) is 0 Å². The van der Waals surface area contributed by atoms with Crippen molar-refractivity contribution in [3.05, 3.63) is 77.1 Å². The van der Waals surface area contributed by atoms with Crippen molar-refractivity contribution >= 4 is 17.4 Å². The molecule has 0 fully saturated rings. The third-order valence-electron chi connectivity index (χ3n) is 4.61. The van der Waals surface area contributed by atoms with E-state index in [4.69, 9.17) is 5.73 Å². The molecule has 1 amide bonds. The molecule has 0 bridgehead atoms. The zero-order valence-corrected chi connectivity index (χ0v) is 14.2. The summed E-state index contributed by atoms with van der Waals surface area (Å²) >= 11 is 0. The van der Waals surface area contributed by atoms with Crippen molar-refractivity contribution in [2.75, 3.05) is 12.3 Å². The maximum atomic E-state index is 12.1. The third kappa shape index (κ3) is 3.11. The smallest absolute Gasteiger partial charge is 0.268 e. The van der Waals surface area contributed by atoms with Gasteiger partial charge >= 0.3 is 0 Å². The number of Topliss-reactive ketones (excluding diaryl/α,β-unsaturated/α-hetero) is 1. The Bertz CT molecular complexity index is 953. The van der Waals surface area contributed by atoms with Crippen molar-refractivity contribution in [2.24, 2.45) is 0 Å². The van der Waals surface area contributed by atoms with Crippen molar-refractivity contribution in [1.29, 1.82) is 0 Å². The van der Waals surface area contributed by atoms with Gasteiger partial charge in [-0.15, -0.1) is 0 Å². The molecule has 0 atom stereocenters. The van der Waals surface area contributed by atoms with E-state index in [1.54, 1.807) is 6.07 Å². The lowest BCUT2D eigenvalue weighted by atomic mass is 10.0. The Hall–Kier alpha value is -3.34. The highest BCUT2D eigenvalue weighted by molar-refractivity contribution is 6.09. The second kappa shape index (κ2) is 6.52. The van der Waals surface area contributed by atoms with E-state index >= 15 is 0 Å². The van der Waals surface area contributed by atoms with E-state index in [1.807, 2.05) is 36.4 Å². The number of anilines is 1. The minimum Gasteiger partial charge on any atom is -0.399 e. The molecule has 0 aliphatic carbocycles. The molecule has 2 heterocycles. The lowest BCUT2D eigenvalue weighted by molar-refractivity contribution is 0.0951. The number of H-pyrrole nitrogens is 1. The lowest BCUT2D eigenvalue weighted by Gasteiger charge is -2.05. The Labute approximate surface area is 151 Å². The first kappa shape index (κ1) is 16.1. The molecular formula is C21H19N3O2. The van der Waals surface area contributed by atoms with E-state index in [0.717, 1.165) is 28.1 Å². The fourth-order valence-electron chi connectivity index (χ4n) is 3.27. The number of rotatable bonds is 3.